The summed E-state index contributed by atoms with van der Waals surface area (Å²) in [4.78, 5) is 39.7. The van der Waals surface area contributed by atoms with Crippen molar-refractivity contribution in [3.63, 3.8) is 0 Å². The number of carbonyl (C=O) groups is 3. The number of allylic oxidation sites excluding steroid dienone is 1. The summed E-state index contributed by atoms with van der Waals surface area (Å²) in [5.74, 6) is -1.76. The number of aromatic hydroxyl groups is 1. The molecule has 9 nitrogen and oxygen atoms in total. The van der Waals surface area contributed by atoms with Crippen molar-refractivity contribution in [2.45, 2.75) is 70.7 Å². The maximum absolute atomic E-state index is 13.8. The number of hydrogen-bond donors (Lipinski definition) is 3. The Hall–Kier alpha value is -3.89. The summed E-state index contributed by atoms with van der Waals surface area (Å²) in [6.45, 7) is 2.62. The summed E-state index contributed by atoms with van der Waals surface area (Å²) in [5, 5.41) is 29.5. The summed E-state index contributed by atoms with van der Waals surface area (Å²) >= 11 is 0. The highest BCUT2D eigenvalue weighted by atomic mass is 16.5. The van der Waals surface area contributed by atoms with Gasteiger partial charge in [-0.05, 0) is 91.7 Å². The van der Waals surface area contributed by atoms with Crippen LogP contribution >= 0.6 is 0 Å². The van der Waals surface area contributed by atoms with Gasteiger partial charge in [0.25, 0.3) is 0 Å². The lowest BCUT2D eigenvalue weighted by Crippen LogP contribution is -2.46. The van der Waals surface area contributed by atoms with E-state index in [2.05, 4.69) is 13.0 Å². The van der Waals surface area contributed by atoms with Crippen LogP contribution in [0.1, 0.15) is 63.9 Å². The molecule has 0 radical (unpaired) electrons. The number of likely N-dealkylation sites (tertiary alicyclic amines) is 1. The Labute approximate surface area is 264 Å². The molecule has 0 spiro atoms. The van der Waals surface area contributed by atoms with E-state index in [4.69, 9.17) is 14.5 Å². The van der Waals surface area contributed by atoms with Crippen LogP contribution in [0.15, 0.2) is 71.3 Å². The largest absolute Gasteiger partial charge is 0.508 e. The second-order valence-corrected chi connectivity index (χ2v) is 12.2. The summed E-state index contributed by atoms with van der Waals surface area (Å²) < 4.78 is 12.4. The number of fused-ring (bicyclic) bond motifs is 3. The number of hydrogen-bond acceptors (Lipinski definition) is 7. The van der Waals surface area contributed by atoms with Gasteiger partial charge in [-0.1, -0.05) is 55.3 Å². The van der Waals surface area contributed by atoms with E-state index in [1.165, 1.54) is 10.5 Å². The third-order valence-corrected chi connectivity index (χ3v) is 9.27. The average molecular weight is 616 g/mol. The molecule has 10 heteroatoms. The highest BCUT2D eigenvalue weighted by molar-refractivity contribution is 6.43. The monoisotopic (exact) mass is 615 g/mol. The lowest BCUT2D eigenvalue weighted by atomic mass is 9.58. The Bertz CT molecular complexity index is 1420. The quantitative estimate of drug-likeness (QED) is 0.110. The van der Waals surface area contributed by atoms with Crippen molar-refractivity contribution >= 4 is 31.0 Å². The Kier molecular flexibility index (Phi) is 10.8. The minimum atomic E-state index is -1.06. The Morgan fingerprint density at radius 2 is 1.78 bits per heavy atom. The Morgan fingerprint density at radius 1 is 1.02 bits per heavy atom. The minimum Gasteiger partial charge on any atom is -0.508 e. The third kappa shape index (κ3) is 7.86. The van der Waals surface area contributed by atoms with Crippen molar-refractivity contribution in [2.75, 3.05) is 13.2 Å². The number of benzene rings is 2. The Balaban J connectivity index is 1.39. The molecular formula is C35H42BNO8. The first-order chi connectivity index (χ1) is 21.7. The first kappa shape index (κ1) is 32.5. The van der Waals surface area contributed by atoms with E-state index in [1.807, 2.05) is 42.5 Å². The molecule has 0 saturated carbocycles. The number of unbranched alkanes of at least 4 members (excludes halogenated alkanes) is 2. The van der Waals surface area contributed by atoms with Gasteiger partial charge in [0.15, 0.2) is 0 Å². The highest BCUT2D eigenvalue weighted by Crippen LogP contribution is 2.50. The lowest BCUT2D eigenvalue weighted by molar-refractivity contribution is -0.141. The summed E-state index contributed by atoms with van der Waals surface area (Å²) in [5.41, 5.74) is 4.11. The number of carboxylic acids is 1. The maximum atomic E-state index is 13.8. The van der Waals surface area contributed by atoms with Crippen molar-refractivity contribution in [3.8, 4) is 11.5 Å². The van der Waals surface area contributed by atoms with Gasteiger partial charge >= 0.3 is 13.1 Å². The molecule has 0 unspecified atom stereocenters. The van der Waals surface area contributed by atoms with Crippen LogP contribution in [-0.2, 0) is 19.0 Å². The predicted molar refractivity (Wildman–Crippen MR) is 170 cm³/mol. The zero-order chi connectivity index (χ0) is 31.9. The molecule has 4 atom stereocenters. The van der Waals surface area contributed by atoms with Crippen LogP contribution in [0, 0.1) is 17.8 Å². The van der Waals surface area contributed by atoms with Crippen molar-refractivity contribution < 1.29 is 39.0 Å². The number of nitrogens with zero attached hydrogens (tertiary/aromatic N) is 1. The zero-order valence-corrected chi connectivity index (χ0v) is 25.8. The molecule has 238 valence electrons. The second kappa shape index (κ2) is 14.9. The van der Waals surface area contributed by atoms with Crippen molar-refractivity contribution in [3.05, 3.63) is 76.9 Å². The van der Waals surface area contributed by atoms with Gasteiger partial charge in [-0.15, -0.1) is 0 Å². The summed E-state index contributed by atoms with van der Waals surface area (Å²) in [6.07, 6.45) is 6.17. The van der Waals surface area contributed by atoms with Crippen LogP contribution in [0.4, 0.5) is 0 Å². The molecule has 3 N–H and O–H groups in total. The molecule has 2 aromatic rings. The zero-order valence-electron chi connectivity index (χ0n) is 25.8. The van der Waals surface area contributed by atoms with Gasteiger partial charge in [0, 0.05) is 13.0 Å². The van der Waals surface area contributed by atoms with Gasteiger partial charge in [-0.25, -0.2) is 0 Å². The molecule has 0 bridgehead atoms. The van der Waals surface area contributed by atoms with E-state index in [-0.39, 0.29) is 49.4 Å². The van der Waals surface area contributed by atoms with Crippen LogP contribution in [0.25, 0.3) is 6.08 Å². The third-order valence-electron chi connectivity index (χ3n) is 9.27. The molecule has 1 aliphatic carbocycles. The van der Waals surface area contributed by atoms with E-state index in [0.29, 0.717) is 44.3 Å². The molecule has 45 heavy (non-hydrogen) atoms. The van der Waals surface area contributed by atoms with Crippen LogP contribution in [0.5, 0.6) is 11.5 Å². The van der Waals surface area contributed by atoms with E-state index in [0.717, 1.165) is 23.1 Å². The fraction of sp³-hybridized carbons (Fsp3) is 0.457. The summed E-state index contributed by atoms with van der Waals surface area (Å²) in [6, 6.07) is 16.5. The lowest BCUT2D eigenvalue weighted by Gasteiger charge is -2.43. The summed E-state index contributed by atoms with van der Waals surface area (Å²) in [7, 11) is -1.06. The van der Waals surface area contributed by atoms with E-state index < -0.39 is 31.0 Å². The average Bonchev–Trinajstić information content (AvgIpc) is 3.27. The number of phenolic OH excluding ortho intramolecular Hbond substituents is 1. The molecule has 2 fully saturated rings. The molecule has 3 aliphatic rings. The van der Waals surface area contributed by atoms with E-state index in [1.54, 1.807) is 12.1 Å². The number of para-hydroxylation sites is 1. The maximum Gasteiger partial charge on any atom is 0.455 e. The van der Waals surface area contributed by atoms with E-state index in [9.17, 15) is 24.5 Å². The van der Waals surface area contributed by atoms with Crippen molar-refractivity contribution in [1.29, 1.82) is 0 Å². The van der Waals surface area contributed by atoms with Crippen LogP contribution < -0.4 is 4.74 Å². The number of amides is 2. The smallest absolute Gasteiger partial charge is 0.455 e. The molecule has 2 aliphatic heterocycles. The fourth-order valence-electron chi connectivity index (χ4n) is 7.07. The minimum absolute atomic E-state index is 0.0659. The molecule has 2 heterocycles. The van der Waals surface area contributed by atoms with Gasteiger partial charge in [0.2, 0.25) is 11.8 Å². The molecule has 0 aromatic heterocycles. The van der Waals surface area contributed by atoms with Gasteiger partial charge in [-0.2, -0.15) is 0 Å². The van der Waals surface area contributed by atoms with Crippen molar-refractivity contribution in [1.82, 2.24) is 4.90 Å². The number of phenols is 1. The van der Waals surface area contributed by atoms with Crippen LogP contribution in [0.3, 0.4) is 0 Å². The fourth-order valence-corrected chi connectivity index (χ4v) is 7.07. The molecule has 2 aromatic carbocycles. The van der Waals surface area contributed by atoms with Gasteiger partial charge in [0.05, 0.1) is 17.9 Å². The van der Waals surface area contributed by atoms with Crippen LogP contribution in [-0.4, -0.2) is 64.3 Å². The SMILES string of the molecule is CC/C(=C\c1ccc(O)cc1)CC[C@H]1OB(O)C[C@H]2C1=C(COc1ccccc1)C[C@H]1C(=O)N(CCCCCC(=O)O)C(=O)[C@H]12. The van der Waals surface area contributed by atoms with E-state index >= 15 is 0 Å². The number of rotatable bonds is 14. The highest BCUT2D eigenvalue weighted by Gasteiger charge is 2.57. The normalized spacial score (nSPS) is 23.3. The Morgan fingerprint density at radius 3 is 2.49 bits per heavy atom. The molecule has 2 saturated heterocycles. The number of carboxylic acid groups (broad SMARTS) is 1. The molecule has 2 amide bonds. The predicted octanol–water partition coefficient (Wildman–Crippen LogP) is 5.49. The number of imide groups is 1. The first-order valence-corrected chi connectivity index (χ1v) is 16.0. The molecular weight excluding hydrogens is 573 g/mol. The second-order valence-electron chi connectivity index (χ2n) is 12.2. The topological polar surface area (TPSA) is 134 Å². The number of ether oxygens (including phenoxy) is 1. The number of carbonyl (C=O) groups excluding carboxylic acids is 2. The van der Waals surface area contributed by atoms with Gasteiger partial charge in [0.1, 0.15) is 18.1 Å². The van der Waals surface area contributed by atoms with Gasteiger partial charge < -0.3 is 24.6 Å². The standard InChI is InChI=1S/C35H42BNO8/c1-2-23(19-24-12-15-26(38)16-13-24)14-17-30-32-25(22-44-27-9-5-3-6-10-27)20-28-33(29(32)21-36(43)45-30)35(42)37(34(28)41)18-8-4-7-11-31(39)40/h3,5-6,9-10,12-13,15-16,19,28-30,33,38,43H,2,4,7-8,11,14,17-18,20-22H2,1H3,(H,39,40)/b23-19+/t28-,29+,30-,33-/m1/s1. The van der Waals surface area contributed by atoms with Crippen LogP contribution in [0.2, 0.25) is 6.32 Å². The van der Waals surface area contributed by atoms with Gasteiger partial charge in [-0.3, -0.25) is 19.3 Å². The number of aliphatic carboxylic acids is 1. The first-order valence-electron chi connectivity index (χ1n) is 16.0. The van der Waals surface area contributed by atoms with Crippen molar-refractivity contribution in [2.24, 2.45) is 17.8 Å². The molecule has 5 rings (SSSR count).